The van der Waals surface area contributed by atoms with E-state index >= 15 is 0 Å². The van der Waals surface area contributed by atoms with Crippen molar-refractivity contribution in [1.29, 1.82) is 0 Å². The van der Waals surface area contributed by atoms with E-state index in [0.29, 0.717) is 6.04 Å². The lowest BCUT2D eigenvalue weighted by Crippen LogP contribution is -2.60. The molecular weight excluding hydrogens is 230 g/mol. The van der Waals surface area contributed by atoms with Gasteiger partial charge in [-0.2, -0.15) is 0 Å². The van der Waals surface area contributed by atoms with Crippen LogP contribution in [-0.2, 0) is 14.2 Å². The predicted octanol–water partition coefficient (Wildman–Crippen LogP) is 1.97. The zero-order valence-corrected chi connectivity index (χ0v) is 12.5. The molecule has 4 nitrogen and oxygen atoms in total. The van der Waals surface area contributed by atoms with Crippen molar-refractivity contribution in [3.8, 4) is 0 Å². The smallest absolute Gasteiger partial charge is 0.0990 e. The minimum atomic E-state index is -0.105. The molecule has 0 aromatic carbocycles. The number of methoxy groups -OCH3 is 1. The van der Waals surface area contributed by atoms with Crippen molar-refractivity contribution < 1.29 is 14.2 Å². The highest BCUT2D eigenvalue weighted by molar-refractivity contribution is 4.97. The summed E-state index contributed by atoms with van der Waals surface area (Å²) in [4.78, 5) is 0. The quantitative estimate of drug-likeness (QED) is 0.687. The Morgan fingerprint density at radius 3 is 2.50 bits per heavy atom. The van der Waals surface area contributed by atoms with Gasteiger partial charge in [-0.1, -0.05) is 6.92 Å². The van der Waals surface area contributed by atoms with E-state index in [0.717, 1.165) is 32.6 Å². The molecule has 0 saturated heterocycles. The minimum Gasteiger partial charge on any atom is -0.379 e. The highest BCUT2D eigenvalue weighted by Crippen LogP contribution is 2.28. The molecule has 3 atom stereocenters. The first-order valence-electron chi connectivity index (χ1n) is 7.05. The molecule has 1 fully saturated rings. The average Bonchev–Trinajstić information content (AvgIpc) is 2.34. The summed E-state index contributed by atoms with van der Waals surface area (Å²) in [6.07, 6.45) is 2.40. The molecule has 0 radical (unpaired) electrons. The summed E-state index contributed by atoms with van der Waals surface area (Å²) < 4.78 is 17.0. The van der Waals surface area contributed by atoms with Crippen LogP contribution in [0.25, 0.3) is 0 Å². The van der Waals surface area contributed by atoms with E-state index in [1.165, 1.54) is 0 Å². The molecule has 0 aromatic rings. The lowest BCUT2D eigenvalue weighted by molar-refractivity contribution is -0.150. The van der Waals surface area contributed by atoms with Gasteiger partial charge in [-0.15, -0.1) is 0 Å². The first-order valence-corrected chi connectivity index (χ1v) is 7.05. The molecule has 0 aromatic heterocycles. The van der Waals surface area contributed by atoms with Crippen molar-refractivity contribution in [3.05, 3.63) is 0 Å². The van der Waals surface area contributed by atoms with Crippen molar-refractivity contribution in [2.45, 2.75) is 64.4 Å². The molecule has 1 aliphatic rings. The molecule has 3 unspecified atom stereocenters. The van der Waals surface area contributed by atoms with Crippen molar-refractivity contribution >= 4 is 0 Å². The van der Waals surface area contributed by atoms with Crippen molar-refractivity contribution in [2.24, 2.45) is 0 Å². The van der Waals surface area contributed by atoms with Gasteiger partial charge >= 0.3 is 0 Å². The second kappa shape index (κ2) is 7.43. The van der Waals surface area contributed by atoms with Gasteiger partial charge in [0.2, 0.25) is 0 Å². The highest BCUT2D eigenvalue weighted by Gasteiger charge is 2.42. The van der Waals surface area contributed by atoms with Gasteiger partial charge in [0.05, 0.1) is 17.8 Å². The third kappa shape index (κ3) is 4.50. The molecule has 0 heterocycles. The van der Waals surface area contributed by atoms with Gasteiger partial charge in [-0.05, 0) is 40.2 Å². The number of ether oxygens (including phenoxy) is 3. The van der Waals surface area contributed by atoms with Crippen LogP contribution in [-0.4, -0.2) is 50.7 Å². The van der Waals surface area contributed by atoms with E-state index < -0.39 is 0 Å². The van der Waals surface area contributed by atoms with Crippen LogP contribution in [0.1, 0.15) is 40.5 Å². The molecule has 108 valence electrons. The Balaban J connectivity index is 2.26. The van der Waals surface area contributed by atoms with Crippen LogP contribution in [0.3, 0.4) is 0 Å². The highest BCUT2D eigenvalue weighted by atomic mass is 16.5. The molecule has 1 N–H and O–H groups in total. The summed E-state index contributed by atoms with van der Waals surface area (Å²) in [7, 11) is 1.74. The number of rotatable bonds is 9. The van der Waals surface area contributed by atoms with Gasteiger partial charge in [0.15, 0.2) is 0 Å². The Kier molecular flexibility index (Phi) is 6.57. The Labute approximate surface area is 111 Å². The Morgan fingerprint density at radius 2 is 1.94 bits per heavy atom. The van der Waals surface area contributed by atoms with Crippen molar-refractivity contribution in [3.63, 3.8) is 0 Å². The minimum absolute atomic E-state index is 0.105. The summed E-state index contributed by atoms with van der Waals surface area (Å²) in [5, 5.41) is 3.43. The zero-order chi connectivity index (χ0) is 13.6. The molecule has 4 heteroatoms. The number of likely N-dealkylation sites (N-methyl/N-ethyl adjacent to an activating group) is 1. The summed E-state index contributed by atoms with van der Waals surface area (Å²) in [6.45, 7) is 10.8. The van der Waals surface area contributed by atoms with Crippen LogP contribution in [0.2, 0.25) is 0 Å². The maximum atomic E-state index is 5.91. The van der Waals surface area contributed by atoms with Gasteiger partial charge in [-0.3, -0.25) is 0 Å². The van der Waals surface area contributed by atoms with E-state index in [-0.39, 0.29) is 17.8 Å². The fourth-order valence-electron chi connectivity index (χ4n) is 2.18. The summed E-state index contributed by atoms with van der Waals surface area (Å²) in [6, 6.07) is 0.454. The fourth-order valence-corrected chi connectivity index (χ4v) is 2.18. The van der Waals surface area contributed by atoms with Crippen molar-refractivity contribution in [2.75, 3.05) is 26.9 Å². The molecule has 18 heavy (non-hydrogen) atoms. The third-order valence-corrected chi connectivity index (χ3v) is 3.66. The van der Waals surface area contributed by atoms with Gasteiger partial charge in [-0.25, -0.2) is 0 Å². The number of nitrogens with one attached hydrogen (secondary N) is 1. The van der Waals surface area contributed by atoms with Crippen LogP contribution < -0.4 is 5.32 Å². The molecule has 0 amide bonds. The average molecular weight is 259 g/mol. The van der Waals surface area contributed by atoms with Gasteiger partial charge < -0.3 is 19.5 Å². The second-order valence-electron chi connectivity index (χ2n) is 5.44. The maximum Gasteiger partial charge on any atom is 0.0990 e. The largest absolute Gasteiger partial charge is 0.379 e. The second-order valence-corrected chi connectivity index (χ2v) is 5.44. The van der Waals surface area contributed by atoms with E-state index in [2.05, 4.69) is 26.1 Å². The number of hydrogen-bond acceptors (Lipinski definition) is 4. The zero-order valence-electron chi connectivity index (χ0n) is 12.5. The van der Waals surface area contributed by atoms with E-state index in [1.54, 1.807) is 7.11 Å². The summed E-state index contributed by atoms with van der Waals surface area (Å²) >= 11 is 0. The van der Waals surface area contributed by atoms with Gasteiger partial charge in [0.25, 0.3) is 0 Å². The van der Waals surface area contributed by atoms with E-state index in [9.17, 15) is 0 Å². The lowest BCUT2D eigenvalue weighted by Gasteiger charge is -2.44. The SMILES string of the molecule is CCNC1CC(OCCC(C)(C)OC)C1OCC. The molecule has 0 aliphatic heterocycles. The van der Waals surface area contributed by atoms with E-state index in [1.807, 2.05) is 6.92 Å². The first-order chi connectivity index (χ1) is 8.54. The lowest BCUT2D eigenvalue weighted by atomic mass is 9.85. The Hall–Kier alpha value is -0.160. The molecule has 1 saturated carbocycles. The first kappa shape index (κ1) is 15.9. The standard InChI is InChI=1S/C14H29NO3/c1-6-15-11-10-12(13(11)17-7-2)18-9-8-14(3,4)16-5/h11-13,15H,6-10H2,1-5H3. The van der Waals surface area contributed by atoms with Crippen LogP contribution in [0.5, 0.6) is 0 Å². The Bertz CT molecular complexity index is 233. The normalized spacial score (nSPS) is 28.2. The van der Waals surface area contributed by atoms with Gasteiger partial charge in [0.1, 0.15) is 0 Å². The summed E-state index contributed by atoms with van der Waals surface area (Å²) in [5.74, 6) is 0. The van der Waals surface area contributed by atoms with Crippen molar-refractivity contribution in [1.82, 2.24) is 5.32 Å². The number of hydrogen-bond donors (Lipinski definition) is 1. The molecule has 1 rings (SSSR count). The van der Waals surface area contributed by atoms with Crippen LogP contribution in [0, 0.1) is 0 Å². The van der Waals surface area contributed by atoms with Crippen LogP contribution >= 0.6 is 0 Å². The molecule has 0 bridgehead atoms. The fraction of sp³-hybridized carbons (Fsp3) is 1.00. The maximum absolute atomic E-state index is 5.91. The predicted molar refractivity (Wildman–Crippen MR) is 72.9 cm³/mol. The molecule has 1 aliphatic carbocycles. The third-order valence-electron chi connectivity index (χ3n) is 3.66. The van der Waals surface area contributed by atoms with Gasteiger partial charge in [0, 0.05) is 26.4 Å². The van der Waals surface area contributed by atoms with E-state index in [4.69, 9.17) is 14.2 Å². The van der Waals surface area contributed by atoms with Crippen LogP contribution in [0.4, 0.5) is 0 Å². The molecule has 0 spiro atoms. The summed E-state index contributed by atoms with van der Waals surface area (Å²) in [5.41, 5.74) is -0.105. The monoisotopic (exact) mass is 259 g/mol. The molecular formula is C14H29NO3. The van der Waals surface area contributed by atoms with Crippen LogP contribution in [0.15, 0.2) is 0 Å². The Morgan fingerprint density at radius 1 is 1.22 bits per heavy atom. The topological polar surface area (TPSA) is 39.7 Å².